The highest BCUT2D eigenvalue weighted by molar-refractivity contribution is 7.18. The van der Waals surface area contributed by atoms with Gasteiger partial charge in [0.1, 0.15) is 4.88 Å². The normalized spacial score (nSPS) is 10.6. The molecule has 0 aliphatic rings. The maximum absolute atomic E-state index is 11.1. The molecule has 0 amide bonds. The van der Waals surface area contributed by atoms with Crippen molar-refractivity contribution in [3.63, 3.8) is 0 Å². The lowest BCUT2D eigenvalue weighted by atomic mass is 10.1. The molecule has 1 aromatic carbocycles. The lowest BCUT2D eigenvalue weighted by Gasteiger charge is -2.05. The van der Waals surface area contributed by atoms with Crippen molar-refractivity contribution in [3.8, 4) is 10.4 Å². The first-order valence-electron chi connectivity index (χ1n) is 5.00. The molecule has 1 heterocycles. The van der Waals surface area contributed by atoms with E-state index in [0.29, 0.717) is 26.0 Å². The average Bonchev–Trinajstić information content (AvgIpc) is 2.57. The molecule has 2 aromatic rings. The molecular weight excluding hydrogens is 293 g/mol. The van der Waals surface area contributed by atoms with Crippen LogP contribution < -0.4 is 5.73 Å². The van der Waals surface area contributed by atoms with Gasteiger partial charge >= 0.3 is 5.97 Å². The smallest absolute Gasteiger partial charge is 0.348 e. The van der Waals surface area contributed by atoms with Crippen molar-refractivity contribution in [1.29, 1.82) is 0 Å². The Morgan fingerprint density at radius 2 is 1.89 bits per heavy atom. The van der Waals surface area contributed by atoms with Crippen LogP contribution in [0.1, 0.15) is 15.2 Å². The highest BCUT2D eigenvalue weighted by Crippen LogP contribution is 2.44. The number of carboxylic acid groups (broad SMARTS) is 1. The van der Waals surface area contributed by atoms with Crippen LogP contribution in [0.4, 0.5) is 5.69 Å². The Kier molecular flexibility index (Phi) is 3.52. The summed E-state index contributed by atoms with van der Waals surface area (Å²) in [6.45, 7) is 1.76. The van der Waals surface area contributed by atoms with Crippen LogP contribution in [0.5, 0.6) is 0 Å². The maximum atomic E-state index is 11.1. The van der Waals surface area contributed by atoms with Crippen molar-refractivity contribution >= 4 is 46.2 Å². The Morgan fingerprint density at radius 3 is 2.33 bits per heavy atom. The monoisotopic (exact) mass is 301 g/mol. The van der Waals surface area contributed by atoms with Gasteiger partial charge in [-0.15, -0.1) is 11.3 Å². The molecule has 1 aromatic heterocycles. The van der Waals surface area contributed by atoms with Gasteiger partial charge < -0.3 is 10.8 Å². The van der Waals surface area contributed by atoms with Crippen LogP contribution in [-0.4, -0.2) is 11.1 Å². The van der Waals surface area contributed by atoms with Gasteiger partial charge in [-0.05, 0) is 24.6 Å². The molecule has 0 radical (unpaired) electrons. The third kappa shape index (κ3) is 2.07. The van der Waals surface area contributed by atoms with E-state index in [-0.39, 0.29) is 10.6 Å². The number of nitrogens with two attached hydrogens (primary N) is 1. The van der Waals surface area contributed by atoms with Crippen LogP contribution in [0.3, 0.4) is 0 Å². The molecule has 3 nitrogen and oxygen atoms in total. The lowest BCUT2D eigenvalue weighted by Crippen LogP contribution is -1.97. The Morgan fingerprint density at radius 1 is 1.33 bits per heavy atom. The Labute approximate surface area is 118 Å². The van der Waals surface area contributed by atoms with Gasteiger partial charge in [0.15, 0.2) is 0 Å². The molecule has 0 spiro atoms. The van der Waals surface area contributed by atoms with Crippen LogP contribution in [0, 0.1) is 6.92 Å². The van der Waals surface area contributed by atoms with Crippen molar-refractivity contribution in [3.05, 3.63) is 38.7 Å². The number of carbonyl (C=O) groups is 1. The Balaban J connectivity index is 2.73. The van der Waals surface area contributed by atoms with Gasteiger partial charge in [-0.25, -0.2) is 4.79 Å². The SMILES string of the molecule is Cc1c(-c2c(Cl)cccc2Cl)sc(C(=O)O)c1N. The largest absolute Gasteiger partial charge is 0.477 e. The highest BCUT2D eigenvalue weighted by Gasteiger charge is 2.21. The fourth-order valence-electron chi connectivity index (χ4n) is 1.64. The standard InChI is InChI=1S/C12H9Cl2NO2S/c1-5-9(15)11(12(16)17)18-10(5)8-6(13)3-2-4-7(8)14/h2-4H,15H2,1H3,(H,16,17). The molecule has 0 unspecified atom stereocenters. The van der Waals surface area contributed by atoms with Crippen LogP contribution >= 0.6 is 34.5 Å². The minimum atomic E-state index is -1.05. The first kappa shape index (κ1) is 13.2. The van der Waals surface area contributed by atoms with E-state index in [0.717, 1.165) is 11.3 Å². The second kappa shape index (κ2) is 4.80. The lowest BCUT2D eigenvalue weighted by molar-refractivity contribution is 0.0703. The second-order valence-corrected chi connectivity index (χ2v) is 5.54. The third-order valence-electron chi connectivity index (χ3n) is 2.58. The van der Waals surface area contributed by atoms with Gasteiger partial charge in [0.25, 0.3) is 0 Å². The second-order valence-electron chi connectivity index (χ2n) is 3.70. The number of nitrogen functional groups attached to an aromatic ring is 1. The molecule has 0 aliphatic heterocycles. The number of aromatic carboxylic acids is 1. The predicted molar refractivity (Wildman–Crippen MR) is 75.9 cm³/mol. The van der Waals surface area contributed by atoms with Gasteiger partial charge in [0.2, 0.25) is 0 Å². The summed E-state index contributed by atoms with van der Waals surface area (Å²) in [5.74, 6) is -1.05. The number of hydrogen-bond donors (Lipinski definition) is 2. The Bertz CT molecular complexity index is 617. The molecule has 94 valence electrons. The summed E-state index contributed by atoms with van der Waals surface area (Å²) in [7, 11) is 0. The zero-order chi connectivity index (χ0) is 13.4. The molecule has 0 atom stereocenters. The molecule has 0 fully saturated rings. The zero-order valence-corrected chi connectivity index (χ0v) is 11.7. The molecule has 0 saturated carbocycles. The summed E-state index contributed by atoms with van der Waals surface area (Å²) in [6.07, 6.45) is 0. The van der Waals surface area contributed by atoms with Gasteiger partial charge in [-0.3, -0.25) is 0 Å². The van der Waals surface area contributed by atoms with Crippen molar-refractivity contribution in [2.45, 2.75) is 6.92 Å². The summed E-state index contributed by atoms with van der Waals surface area (Å²) in [5, 5.41) is 10.0. The number of carboxylic acids is 1. The van der Waals surface area contributed by atoms with E-state index in [1.165, 1.54) is 0 Å². The molecule has 0 bridgehead atoms. The number of thiophene rings is 1. The molecule has 0 aliphatic carbocycles. The fraction of sp³-hybridized carbons (Fsp3) is 0.0833. The number of halogens is 2. The van der Waals surface area contributed by atoms with Crippen LogP contribution in [0.15, 0.2) is 18.2 Å². The summed E-state index contributed by atoms with van der Waals surface area (Å²) in [5.41, 5.74) is 7.36. The van der Waals surface area contributed by atoms with E-state index in [1.807, 2.05) is 0 Å². The predicted octanol–water partition coefficient (Wildman–Crippen LogP) is 4.31. The van der Waals surface area contributed by atoms with E-state index in [1.54, 1.807) is 25.1 Å². The van der Waals surface area contributed by atoms with E-state index in [2.05, 4.69) is 0 Å². The van der Waals surface area contributed by atoms with Crippen LogP contribution in [-0.2, 0) is 0 Å². The molecular formula is C12H9Cl2NO2S. The summed E-state index contributed by atoms with van der Waals surface area (Å²) in [6, 6.07) is 5.15. The Hall–Kier alpha value is -1.23. The minimum absolute atomic E-state index is 0.110. The summed E-state index contributed by atoms with van der Waals surface area (Å²) < 4.78 is 0. The van der Waals surface area contributed by atoms with E-state index in [4.69, 9.17) is 34.0 Å². The van der Waals surface area contributed by atoms with Crippen LogP contribution in [0.2, 0.25) is 10.0 Å². The van der Waals surface area contributed by atoms with Crippen LogP contribution in [0.25, 0.3) is 10.4 Å². The molecule has 0 saturated heterocycles. The number of benzene rings is 1. The number of rotatable bonds is 2. The van der Waals surface area contributed by atoms with Gasteiger partial charge in [-0.1, -0.05) is 29.3 Å². The topological polar surface area (TPSA) is 63.3 Å². The van der Waals surface area contributed by atoms with Gasteiger partial charge in [-0.2, -0.15) is 0 Å². The van der Waals surface area contributed by atoms with Gasteiger partial charge in [0.05, 0.1) is 15.7 Å². The molecule has 3 N–H and O–H groups in total. The molecule has 18 heavy (non-hydrogen) atoms. The fourth-order valence-corrected chi connectivity index (χ4v) is 3.48. The van der Waals surface area contributed by atoms with Crippen molar-refractivity contribution in [2.75, 3.05) is 5.73 Å². The number of anilines is 1. The number of hydrogen-bond acceptors (Lipinski definition) is 3. The first-order valence-corrected chi connectivity index (χ1v) is 6.57. The van der Waals surface area contributed by atoms with Gasteiger partial charge in [0, 0.05) is 10.4 Å². The summed E-state index contributed by atoms with van der Waals surface area (Å²) in [4.78, 5) is 11.9. The zero-order valence-electron chi connectivity index (χ0n) is 9.33. The maximum Gasteiger partial charge on any atom is 0.348 e. The first-order chi connectivity index (χ1) is 8.43. The van der Waals surface area contributed by atoms with Crippen molar-refractivity contribution < 1.29 is 9.90 Å². The van der Waals surface area contributed by atoms with Crippen molar-refractivity contribution in [2.24, 2.45) is 0 Å². The average molecular weight is 302 g/mol. The summed E-state index contributed by atoms with van der Waals surface area (Å²) >= 11 is 13.3. The third-order valence-corrected chi connectivity index (χ3v) is 4.52. The van der Waals surface area contributed by atoms with Crippen molar-refractivity contribution in [1.82, 2.24) is 0 Å². The highest BCUT2D eigenvalue weighted by atomic mass is 35.5. The minimum Gasteiger partial charge on any atom is -0.477 e. The van der Waals surface area contributed by atoms with E-state index < -0.39 is 5.97 Å². The van der Waals surface area contributed by atoms with E-state index in [9.17, 15) is 4.79 Å². The molecule has 2 rings (SSSR count). The van der Waals surface area contributed by atoms with E-state index >= 15 is 0 Å². The quantitative estimate of drug-likeness (QED) is 0.868. The molecule has 6 heteroatoms.